The van der Waals surface area contributed by atoms with Crippen molar-refractivity contribution >= 4 is 11.4 Å². The summed E-state index contributed by atoms with van der Waals surface area (Å²) in [6.07, 6.45) is 16.7. The number of hydrogen-bond acceptors (Lipinski definition) is 0. The van der Waals surface area contributed by atoms with Gasteiger partial charge in [0.15, 0.2) is 0 Å². The Labute approximate surface area is 273 Å². The second-order valence-electron chi connectivity index (χ2n) is 10.9. The van der Waals surface area contributed by atoms with Gasteiger partial charge in [-0.3, -0.25) is 0 Å². The third-order valence-corrected chi connectivity index (χ3v) is 7.84. The Morgan fingerprint density at radius 3 is 2.05 bits per heavy atom. The molecule has 1 aliphatic rings. The summed E-state index contributed by atoms with van der Waals surface area (Å²) in [6.45, 7) is 8.96. The molecule has 0 unspecified atom stereocenters. The van der Waals surface area contributed by atoms with E-state index in [4.69, 9.17) is 0 Å². The number of allylic oxidation sites excluding steroid dienone is 2. The largest absolute Gasteiger partial charge is 2.00 e. The molecule has 2 aromatic rings. The molecule has 0 N–H and O–H groups in total. The van der Waals surface area contributed by atoms with Crippen LogP contribution in [0.3, 0.4) is 0 Å². The number of unbranched alkanes of at least 4 members (excludes halogenated alkanes) is 7. The van der Waals surface area contributed by atoms with E-state index in [-0.39, 0.29) is 35.3 Å². The molecule has 0 radical (unpaired) electrons. The maximum atomic E-state index is 11.9. The van der Waals surface area contributed by atoms with Gasteiger partial charge in [-0.2, -0.15) is 0 Å². The van der Waals surface area contributed by atoms with Gasteiger partial charge in [0.1, 0.15) is 0 Å². The smallest absolute Gasteiger partial charge is 0.493 e. The minimum atomic E-state index is 0. The predicted octanol–water partition coefficient (Wildman–Crippen LogP) is 12.0. The molecule has 0 fully saturated rings. The molecule has 0 aliphatic carbocycles. The molecular formula is C39H56N2Pd. The minimum absolute atomic E-state index is 0. The van der Waals surface area contributed by atoms with Crippen LogP contribution in [0.5, 0.6) is 0 Å². The molecule has 3 heteroatoms. The molecule has 0 saturated carbocycles. The molecule has 42 heavy (non-hydrogen) atoms. The summed E-state index contributed by atoms with van der Waals surface area (Å²) in [6, 6.07) is 17.5. The van der Waals surface area contributed by atoms with Gasteiger partial charge >= 0.3 is 20.4 Å². The van der Waals surface area contributed by atoms with Crippen LogP contribution in [0.1, 0.15) is 133 Å². The molecule has 3 rings (SSSR count). The van der Waals surface area contributed by atoms with Gasteiger partial charge in [0.05, 0.1) is 0 Å². The summed E-state index contributed by atoms with van der Waals surface area (Å²) < 4.78 is 1.53. The predicted molar refractivity (Wildman–Crippen MR) is 181 cm³/mol. The maximum absolute atomic E-state index is 11.9. The van der Waals surface area contributed by atoms with Crippen LogP contribution in [0.15, 0.2) is 59.7 Å². The van der Waals surface area contributed by atoms with Gasteiger partial charge in [-0.05, 0) is 74.3 Å². The Morgan fingerprint density at radius 1 is 0.643 bits per heavy atom. The maximum Gasteiger partial charge on any atom is 2.00 e. The van der Waals surface area contributed by atoms with Crippen LogP contribution in [-0.4, -0.2) is 4.70 Å². The van der Waals surface area contributed by atoms with Crippen molar-refractivity contribution in [1.82, 2.24) is 0 Å². The van der Waals surface area contributed by atoms with E-state index >= 15 is 0 Å². The molecule has 0 aromatic heterocycles. The van der Waals surface area contributed by atoms with Crippen molar-refractivity contribution in [2.75, 3.05) is 0 Å². The van der Waals surface area contributed by atoms with Gasteiger partial charge in [0.2, 0.25) is 11.4 Å². The van der Waals surface area contributed by atoms with Gasteiger partial charge in [0.25, 0.3) is 0 Å². The summed E-state index contributed by atoms with van der Waals surface area (Å²) in [5, 5.41) is 0. The van der Waals surface area contributed by atoms with Crippen LogP contribution in [-0.2, 0) is 33.3 Å². The summed E-state index contributed by atoms with van der Waals surface area (Å²) in [5.41, 5.74) is 21.4. The number of aryl methyl sites for hydroxylation is 2. The van der Waals surface area contributed by atoms with Crippen LogP contribution >= 0.6 is 0 Å². The first kappa shape index (κ1) is 39.7. The Morgan fingerprint density at radius 2 is 1.33 bits per heavy atom. The quantitative estimate of drug-likeness (QED) is 0.0564. The second-order valence-corrected chi connectivity index (χ2v) is 10.9. The molecule has 0 atom stereocenters. The second kappa shape index (κ2) is 22.3. The van der Waals surface area contributed by atoms with E-state index in [0.29, 0.717) is 0 Å². The fourth-order valence-electron chi connectivity index (χ4n) is 5.65. The van der Waals surface area contributed by atoms with Gasteiger partial charge in [-0.15, -0.1) is 11.8 Å². The van der Waals surface area contributed by atoms with Crippen LogP contribution in [0, 0.1) is 26.7 Å². The van der Waals surface area contributed by atoms with Crippen molar-refractivity contribution in [2.45, 2.75) is 124 Å². The molecule has 1 aliphatic heterocycles. The standard InChI is InChI=1S/C37H50N2.2CH3.Pd/c1-5-9-12-14-16-17-24-31-25-19-20-27-34(31)37-35(28-18-15-13-10-6-2)33(8-4)36(39(37)38)32-26-21-23-30(29-32)22-11-7-3;;;/h19-21,23,25-27,29H,5-13,15,17-18,22,24,28H2,1-4H3;2*1H3;/q;2*-1;+2. The van der Waals surface area contributed by atoms with E-state index in [0.717, 1.165) is 67.5 Å². The zero-order chi connectivity index (χ0) is 27.9. The van der Waals surface area contributed by atoms with E-state index in [1.807, 2.05) is 0 Å². The van der Waals surface area contributed by atoms with E-state index in [1.54, 1.807) is 0 Å². The van der Waals surface area contributed by atoms with E-state index < -0.39 is 0 Å². The Hall–Kier alpha value is -2.26. The van der Waals surface area contributed by atoms with Crippen LogP contribution in [0.2, 0.25) is 0 Å². The molecule has 0 bridgehead atoms. The summed E-state index contributed by atoms with van der Waals surface area (Å²) in [4.78, 5) is 0. The first-order valence-corrected chi connectivity index (χ1v) is 15.7. The van der Waals surface area contributed by atoms with Crippen molar-refractivity contribution in [1.29, 1.82) is 0 Å². The van der Waals surface area contributed by atoms with Gasteiger partial charge in [-0.1, -0.05) is 96.6 Å². The molecule has 2 nitrogen and oxygen atoms in total. The Bertz CT molecular complexity index is 1210. The third kappa shape index (κ3) is 11.1. The van der Waals surface area contributed by atoms with Crippen LogP contribution < -0.4 is 0 Å². The SMILES string of the molecule is CCCCC#CCCc1ccccc1C1=C(CCCCCCC)C(CC)=C(c2cccc(CCCC)c2)[N+]1=[N-].[CH3-].[CH3-].[Pd+2]. The van der Waals surface area contributed by atoms with Crippen molar-refractivity contribution in [3.8, 4) is 11.8 Å². The number of nitrogens with zero attached hydrogens (tertiary/aromatic N) is 2. The fourth-order valence-corrected chi connectivity index (χ4v) is 5.65. The summed E-state index contributed by atoms with van der Waals surface area (Å²) >= 11 is 0. The van der Waals surface area contributed by atoms with E-state index in [2.05, 4.69) is 88.1 Å². The van der Waals surface area contributed by atoms with E-state index in [9.17, 15) is 5.53 Å². The molecule has 0 saturated heterocycles. The normalized spacial score (nSPS) is 12.3. The van der Waals surface area contributed by atoms with Crippen molar-refractivity contribution in [3.05, 3.63) is 102 Å². The zero-order valence-electron chi connectivity index (χ0n) is 27.4. The first-order chi connectivity index (χ1) is 19.2. The zero-order valence-corrected chi connectivity index (χ0v) is 29.0. The monoisotopic (exact) mass is 658 g/mol. The molecule has 0 spiro atoms. The van der Waals surface area contributed by atoms with E-state index in [1.165, 1.54) is 78.3 Å². The van der Waals surface area contributed by atoms with Crippen molar-refractivity contribution in [2.24, 2.45) is 0 Å². The van der Waals surface area contributed by atoms with Gasteiger partial charge in [-0.25, -0.2) is 4.70 Å². The molecule has 0 amide bonds. The fraction of sp³-hybridized carbons (Fsp3) is 0.487. The van der Waals surface area contributed by atoms with Crippen LogP contribution in [0.25, 0.3) is 16.9 Å². The van der Waals surface area contributed by atoms with Crippen LogP contribution in [0.4, 0.5) is 0 Å². The number of hydrogen-bond donors (Lipinski definition) is 0. The summed E-state index contributed by atoms with van der Waals surface area (Å²) in [7, 11) is 0. The number of benzene rings is 2. The average Bonchev–Trinajstić information content (AvgIpc) is 3.24. The number of rotatable bonds is 16. The first-order valence-electron chi connectivity index (χ1n) is 15.7. The van der Waals surface area contributed by atoms with Crippen molar-refractivity contribution < 1.29 is 25.1 Å². The minimum Gasteiger partial charge on any atom is -0.493 e. The average molecular weight is 659 g/mol. The van der Waals surface area contributed by atoms with Crippen molar-refractivity contribution in [3.63, 3.8) is 0 Å². The topological polar surface area (TPSA) is 25.3 Å². The molecule has 2 aromatic carbocycles. The molecular weight excluding hydrogens is 603 g/mol. The van der Waals surface area contributed by atoms with Gasteiger partial charge in [0, 0.05) is 35.1 Å². The Kier molecular flexibility index (Phi) is 21.1. The van der Waals surface area contributed by atoms with Gasteiger partial charge < -0.3 is 20.4 Å². The molecule has 232 valence electrons. The molecule has 1 heterocycles. The summed E-state index contributed by atoms with van der Waals surface area (Å²) in [5.74, 6) is 6.73. The third-order valence-electron chi connectivity index (χ3n) is 7.84. The Balaban J connectivity index is 0.00000560.